The lowest BCUT2D eigenvalue weighted by atomic mass is 9.89. The van der Waals surface area contributed by atoms with Crippen LogP contribution in [0.4, 0.5) is 0 Å². The Bertz CT molecular complexity index is 715. The molecule has 3 atom stereocenters. The molecule has 1 amide bonds. The number of carbonyl (C=O) groups excluding carboxylic acids is 1. The van der Waals surface area contributed by atoms with Crippen molar-refractivity contribution < 1.29 is 4.79 Å². The molecule has 1 saturated heterocycles. The minimum absolute atomic E-state index is 0.0889. The topological polar surface area (TPSA) is 71.0 Å². The second-order valence-corrected chi connectivity index (χ2v) is 6.85. The predicted molar refractivity (Wildman–Crippen MR) is 95.4 cm³/mol. The van der Waals surface area contributed by atoms with Crippen molar-refractivity contribution >= 4 is 16.9 Å². The number of benzene rings is 1. The average Bonchev–Trinajstić information content (AvgIpc) is 3.04. The summed E-state index contributed by atoms with van der Waals surface area (Å²) in [5, 5.41) is 3.16. The zero-order valence-corrected chi connectivity index (χ0v) is 14.8. The maximum absolute atomic E-state index is 12.4. The number of imidazole rings is 1. The Labute approximate surface area is 143 Å². The van der Waals surface area contributed by atoms with Crippen molar-refractivity contribution in [3.63, 3.8) is 0 Å². The first-order valence-corrected chi connectivity index (χ1v) is 8.69. The van der Waals surface area contributed by atoms with E-state index in [0.29, 0.717) is 31.0 Å². The number of hydrogen-bond donors (Lipinski definition) is 3. The highest BCUT2D eigenvalue weighted by Crippen LogP contribution is 2.19. The first-order chi connectivity index (χ1) is 11.5. The fourth-order valence-electron chi connectivity index (χ4n) is 3.87. The van der Waals surface area contributed by atoms with Gasteiger partial charge in [0.15, 0.2) is 0 Å². The molecule has 1 aliphatic heterocycles. The van der Waals surface area contributed by atoms with Gasteiger partial charge >= 0.3 is 0 Å². The number of amides is 1. The molecule has 0 saturated carbocycles. The zero-order valence-electron chi connectivity index (χ0n) is 14.8. The van der Waals surface area contributed by atoms with Crippen LogP contribution in [-0.2, 0) is 11.3 Å². The molecule has 1 fully saturated rings. The number of aryl methyl sites for hydroxylation is 2. The van der Waals surface area contributed by atoms with Gasteiger partial charge in [0.2, 0.25) is 5.91 Å². The number of aromatic nitrogens is 2. The molecule has 1 aliphatic rings. The summed E-state index contributed by atoms with van der Waals surface area (Å²) in [6.45, 7) is 9.01. The summed E-state index contributed by atoms with van der Waals surface area (Å²) >= 11 is 0. The molecule has 6 nitrogen and oxygen atoms in total. The van der Waals surface area contributed by atoms with Gasteiger partial charge in [0.25, 0.3) is 0 Å². The number of hydrazine groups is 1. The number of hydrogen-bond acceptors (Lipinski definition) is 4. The second-order valence-electron chi connectivity index (χ2n) is 6.85. The van der Waals surface area contributed by atoms with E-state index in [4.69, 9.17) is 0 Å². The quantitative estimate of drug-likeness (QED) is 0.781. The van der Waals surface area contributed by atoms with Gasteiger partial charge in [-0.25, -0.2) is 4.98 Å². The van der Waals surface area contributed by atoms with Crippen LogP contribution in [0, 0.1) is 12.8 Å². The Morgan fingerprint density at radius 3 is 2.67 bits per heavy atom. The number of nitrogens with one attached hydrogen (secondary N) is 3. The SMILES string of the molecule is Cc1nc2ccccc2n1CCC(=O)NC(C)C1C(C)NNC1C. The minimum Gasteiger partial charge on any atom is -0.353 e. The van der Waals surface area contributed by atoms with Gasteiger partial charge in [-0.3, -0.25) is 15.6 Å². The minimum atomic E-state index is 0.0889. The van der Waals surface area contributed by atoms with E-state index < -0.39 is 0 Å². The van der Waals surface area contributed by atoms with Gasteiger partial charge in [0.1, 0.15) is 5.82 Å². The lowest BCUT2D eigenvalue weighted by Gasteiger charge is -2.26. The molecule has 2 heterocycles. The third kappa shape index (κ3) is 3.30. The molecule has 130 valence electrons. The highest BCUT2D eigenvalue weighted by atomic mass is 16.1. The summed E-state index contributed by atoms with van der Waals surface area (Å²) in [4.78, 5) is 16.9. The lowest BCUT2D eigenvalue weighted by molar-refractivity contribution is -0.122. The first kappa shape index (κ1) is 16.9. The van der Waals surface area contributed by atoms with E-state index in [9.17, 15) is 4.79 Å². The molecule has 1 aromatic heterocycles. The molecule has 3 N–H and O–H groups in total. The third-order valence-corrected chi connectivity index (χ3v) is 5.07. The maximum atomic E-state index is 12.4. The van der Waals surface area contributed by atoms with Crippen molar-refractivity contribution in [2.24, 2.45) is 5.92 Å². The van der Waals surface area contributed by atoms with Gasteiger partial charge in [-0.15, -0.1) is 0 Å². The van der Waals surface area contributed by atoms with Gasteiger partial charge in [-0.1, -0.05) is 12.1 Å². The normalized spacial score (nSPS) is 25.1. The monoisotopic (exact) mass is 329 g/mol. The largest absolute Gasteiger partial charge is 0.353 e. The Morgan fingerprint density at radius 2 is 1.96 bits per heavy atom. The molecule has 0 bridgehead atoms. The molecule has 0 aliphatic carbocycles. The molecular formula is C18H27N5O. The van der Waals surface area contributed by atoms with Crippen LogP contribution in [0.15, 0.2) is 24.3 Å². The fraction of sp³-hybridized carbons (Fsp3) is 0.556. The smallest absolute Gasteiger partial charge is 0.222 e. The van der Waals surface area contributed by atoms with E-state index in [2.05, 4.69) is 52.6 Å². The fourth-order valence-corrected chi connectivity index (χ4v) is 3.87. The molecule has 0 spiro atoms. The molecule has 2 aromatic rings. The summed E-state index contributed by atoms with van der Waals surface area (Å²) in [5.74, 6) is 1.42. The Morgan fingerprint density at radius 1 is 1.29 bits per heavy atom. The highest BCUT2D eigenvalue weighted by molar-refractivity contribution is 5.78. The Kier molecular flexibility index (Phi) is 4.87. The van der Waals surface area contributed by atoms with Crippen LogP contribution in [0.5, 0.6) is 0 Å². The van der Waals surface area contributed by atoms with Crippen molar-refractivity contribution in [2.75, 3.05) is 0 Å². The lowest BCUT2D eigenvalue weighted by Crippen LogP contribution is -2.45. The molecule has 3 rings (SSSR count). The van der Waals surface area contributed by atoms with Crippen LogP contribution in [0.25, 0.3) is 11.0 Å². The van der Waals surface area contributed by atoms with Crippen molar-refractivity contribution in [1.29, 1.82) is 0 Å². The average molecular weight is 329 g/mol. The summed E-state index contributed by atoms with van der Waals surface area (Å²) in [5.41, 5.74) is 8.55. The van der Waals surface area contributed by atoms with Crippen LogP contribution in [0.3, 0.4) is 0 Å². The summed E-state index contributed by atoms with van der Waals surface area (Å²) in [7, 11) is 0. The number of rotatable bonds is 5. The number of fused-ring (bicyclic) bond motifs is 1. The van der Waals surface area contributed by atoms with E-state index in [-0.39, 0.29) is 11.9 Å². The van der Waals surface area contributed by atoms with Gasteiger partial charge < -0.3 is 9.88 Å². The van der Waals surface area contributed by atoms with Crippen LogP contribution in [0.2, 0.25) is 0 Å². The molecule has 1 aromatic carbocycles. The van der Waals surface area contributed by atoms with Gasteiger partial charge in [-0.2, -0.15) is 0 Å². The predicted octanol–water partition coefficient (Wildman–Crippen LogP) is 1.74. The van der Waals surface area contributed by atoms with Crippen molar-refractivity contribution in [2.45, 2.75) is 58.8 Å². The van der Waals surface area contributed by atoms with Crippen molar-refractivity contribution in [1.82, 2.24) is 25.7 Å². The number of para-hydroxylation sites is 2. The number of nitrogens with zero attached hydrogens (tertiary/aromatic N) is 2. The standard InChI is InChI=1S/C18H27N5O/c1-11(18-12(2)21-22-13(18)3)19-17(24)9-10-23-14(4)20-15-7-5-6-8-16(15)23/h5-8,11-13,18,21-22H,9-10H2,1-4H3,(H,19,24). The molecule has 6 heteroatoms. The maximum Gasteiger partial charge on any atom is 0.222 e. The molecule has 0 radical (unpaired) electrons. The van der Waals surface area contributed by atoms with Crippen molar-refractivity contribution in [3.8, 4) is 0 Å². The summed E-state index contributed by atoms with van der Waals surface area (Å²) in [6, 6.07) is 8.86. The highest BCUT2D eigenvalue weighted by Gasteiger charge is 2.34. The van der Waals surface area contributed by atoms with Gasteiger partial charge in [-0.05, 0) is 39.8 Å². The van der Waals surface area contributed by atoms with Crippen molar-refractivity contribution in [3.05, 3.63) is 30.1 Å². The number of carbonyl (C=O) groups is 1. The van der Waals surface area contributed by atoms with Gasteiger partial charge in [0, 0.05) is 37.0 Å². The van der Waals surface area contributed by atoms with Gasteiger partial charge in [0.05, 0.1) is 11.0 Å². The van der Waals surface area contributed by atoms with E-state index in [0.717, 1.165) is 16.9 Å². The van der Waals surface area contributed by atoms with E-state index >= 15 is 0 Å². The summed E-state index contributed by atoms with van der Waals surface area (Å²) in [6.07, 6.45) is 0.460. The molecular weight excluding hydrogens is 302 g/mol. The first-order valence-electron chi connectivity index (χ1n) is 8.69. The van der Waals surface area contributed by atoms with E-state index in [1.54, 1.807) is 0 Å². The second kappa shape index (κ2) is 6.91. The van der Waals surface area contributed by atoms with Crippen LogP contribution in [-0.4, -0.2) is 33.6 Å². The van der Waals surface area contributed by atoms with E-state index in [1.807, 2.05) is 25.1 Å². The van der Waals surface area contributed by atoms with Crippen LogP contribution in [0.1, 0.15) is 33.0 Å². The zero-order chi connectivity index (χ0) is 17.3. The molecule has 3 unspecified atom stereocenters. The Balaban J connectivity index is 1.60. The molecule has 24 heavy (non-hydrogen) atoms. The summed E-state index contributed by atoms with van der Waals surface area (Å²) < 4.78 is 2.11. The third-order valence-electron chi connectivity index (χ3n) is 5.07. The van der Waals surface area contributed by atoms with Crippen LogP contribution < -0.4 is 16.2 Å². The van der Waals surface area contributed by atoms with Crippen LogP contribution >= 0.6 is 0 Å². The Hall–Kier alpha value is -1.92. The van der Waals surface area contributed by atoms with E-state index in [1.165, 1.54) is 0 Å².